The van der Waals surface area contributed by atoms with Crippen LogP contribution in [0.3, 0.4) is 0 Å². The Morgan fingerprint density at radius 2 is 1.87 bits per heavy atom. The first-order valence-electron chi connectivity index (χ1n) is 11.5. The number of carbonyl (C=O) groups is 1. The highest BCUT2D eigenvalue weighted by Gasteiger charge is 2.33. The monoisotopic (exact) mass is 419 g/mol. The van der Waals surface area contributed by atoms with Crippen LogP contribution >= 0.6 is 0 Å². The Bertz CT molecular complexity index is 929. The van der Waals surface area contributed by atoms with Crippen molar-refractivity contribution in [3.8, 4) is 5.75 Å². The lowest BCUT2D eigenvalue weighted by Gasteiger charge is -2.38. The molecular formula is C27H33NO3. The molecular weight excluding hydrogens is 386 g/mol. The van der Waals surface area contributed by atoms with Gasteiger partial charge in [-0.05, 0) is 79.8 Å². The Labute approximate surface area is 185 Å². The van der Waals surface area contributed by atoms with Crippen LogP contribution in [0.15, 0.2) is 54.1 Å². The van der Waals surface area contributed by atoms with Crippen LogP contribution in [-0.2, 0) is 17.6 Å². The van der Waals surface area contributed by atoms with Crippen LogP contribution in [0.5, 0.6) is 5.75 Å². The summed E-state index contributed by atoms with van der Waals surface area (Å²) in [6.45, 7) is 5.23. The summed E-state index contributed by atoms with van der Waals surface area (Å²) in [7, 11) is 0. The maximum Gasteiger partial charge on any atom is 0.309 e. The third-order valence-corrected chi connectivity index (χ3v) is 6.65. The van der Waals surface area contributed by atoms with Crippen molar-refractivity contribution in [2.75, 3.05) is 26.2 Å². The molecule has 1 aliphatic heterocycles. The molecule has 0 aromatic heterocycles. The molecule has 31 heavy (non-hydrogen) atoms. The molecule has 1 aliphatic carbocycles. The fourth-order valence-electron chi connectivity index (χ4n) is 4.66. The van der Waals surface area contributed by atoms with Crippen LogP contribution in [0, 0.1) is 5.92 Å². The number of nitrogens with zero attached hydrogens (tertiary/aromatic N) is 1. The van der Waals surface area contributed by atoms with Crippen molar-refractivity contribution in [2.45, 2.75) is 45.4 Å². The predicted octanol–water partition coefficient (Wildman–Crippen LogP) is 5.21. The number of carboxylic acids is 1. The molecule has 0 radical (unpaired) electrons. The summed E-state index contributed by atoms with van der Waals surface area (Å²) in [5, 5.41) is 9.07. The second-order valence-electron chi connectivity index (χ2n) is 8.92. The molecule has 1 N–H and O–H groups in total. The third-order valence-electron chi connectivity index (χ3n) is 6.65. The second-order valence-corrected chi connectivity index (χ2v) is 8.92. The summed E-state index contributed by atoms with van der Waals surface area (Å²) in [4.78, 5) is 13.3. The lowest BCUT2D eigenvalue weighted by atomic mass is 9.85. The number of allylic oxidation sites excluding steroid dienone is 1. The largest absolute Gasteiger partial charge is 0.494 e. The molecule has 0 bridgehead atoms. The summed E-state index contributed by atoms with van der Waals surface area (Å²) in [5.41, 5.74) is 6.91. The minimum Gasteiger partial charge on any atom is -0.494 e. The summed E-state index contributed by atoms with van der Waals surface area (Å²) < 4.78 is 6.03. The van der Waals surface area contributed by atoms with E-state index in [0.29, 0.717) is 13.1 Å². The van der Waals surface area contributed by atoms with Gasteiger partial charge in [-0.2, -0.15) is 0 Å². The van der Waals surface area contributed by atoms with Crippen LogP contribution in [0.25, 0.3) is 5.57 Å². The fraction of sp³-hybridized carbons (Fsp3) is 0.444. The summed E-state index contributed by atoms with van der Waals surface area (Å²) in [5.74, 6) is 0.125. The minimum absolute atomic E-state index is 0.185. The van der Waals surface area contributed by atoms with E-state index in [1.165, 1.54) is 40.7 Å². The molecule has 0 spiro atoms. The van der Waals surface area contributed by atoms with E-state index < -0.39 is 5.97 Å². The highest BCUT2D eigenvalue weighted by Crippen LogP contribution is 2.34. The summed E-state index contributed by atoms with van der Waals surface area (Å²) >= 11 is 0. The number of benzene rings is 2. The zero-order valence-corrected chi connectivity index (χ0v) is 18.5. The van der Waals surface area contributed by atoms with Gasteiger partial charge in [-0.3, -0.25) is 9.69 Å². The van der Waals surface area contributed by atoms with E-state index >= 15 is 0 Å². The Balaban J connectivity index is 1.23. The zero-order valence-electron chi connectivity index (χ0n) is 18.5. The number of ether oxygens (including phenoxy) is 1. The number of likely N-dealkylation sites (tertiary alicyclic amines) is 1. The standard InChI is InChI=1S/C27H33NO3/c1-20-23(17-28-18-24(19-28)27(29)30)12-11-22-16-25(13-14-26(20)22)31-15-7-3-6-10-21-8-4-2-5-9-21/h2,4-5,8-9,13-14,16,24H,3,6-7,10-12,15,17-19H2,1H3,(H,29,30). The molecule has 0 saturated carbocycles. The SMILES string of the molecule is CC1=C(CN2CC(C(=O)O)C2)CCc2cc(OCCCCCc3ccccc3)ccc21. The second kappa shape index (κ2) is 10.1. The number of rotatable bonds is 10. The van der Waals surface area contributed by atoms with Gasteiger partial charge in [-0.1, -0.05) is 42.0 Å². The molecule has 2 aromatic carbocycles. The van der Waals surface area contributed by atoms with Gasteiger partial charge in [-0.15, -0.1) is 0 Å². The topological polar surface area (TPSA) is 49.8 Å². The van der Waals surface area contributed by atoms with Gasteiger partial charge in [-0.25, -0.2) is 0 Å². The van der Waals surface area contributed by atoms with Crippen LogP contribution < -0.4 is 4.74 Å². The Hall–Kier alpha value is -2.59. The van der Waals surface area contributed by atoms with Gasteiger partial charge in [0.25, 0.3) is 0 Å². The maximum atomic E-state index is 11.0. The highest BCUT2D eigenvalue weighted by molar-refractivity contribution is 5.73. The van der Waals surface area contributed by atoms with Crippen molar-refractivity contribution in [3.05, 3.63) is 70.8 Å². The van der Waals surface area contributed by atoms with E-state index in [-0.39, 0.29) is 5.92 Å². The zero-order chi connectivity index (χ0) is 21.6. The number of aliphatic carboxylic acids is 1. The Morgan fingerprint density at radius 3 is 2.65 bits per heavy atom. The van der Waals surface area contributed by atoms with E-state index in [2.05, 4.69) is 60.4 Å². The van der Waals surface area contributed by atoms with Crippen LogP contribution in [0.1, 0.15) is 49.3 Å². The quantitative estimate of drug-likeness (QED) is 0.537. The van der Waals surface area contributed by atoms with Crippen molar-refractivity contribution in [1.29, 1.82) is 0 Å². The number of aryl methyl sites for hydroxylation is 2. The highest BCUT2D eigenvalue weighted by atomic mass is 16.5. The first-order valence-corrected chi connectivity index (χ1v) is 11.5. The predicted molar refractivity (Wildman–Crippen MR) is 124 cm³/mol. The van der Waals surface area contributed by atoms with Gasteiger partial charge in [0.1, 0.15) is 5.75 Å². The first kappa shape index (κ1) is 21.6. The van der Waals surface area contributed by atoms with Crippen molar-refractivity contribution >= 4 is 11.5 Å². The van der Waals surface area contributed by atoms with Gasteiger partial charge in [0, 0.05) is 19.6 Å². The average molecular weight is 420 g/mol. The normalized spacial score (nSPS) is 16.7. The molecule has 1 heterocycles. The van der Waals surface area contributed by atoms with Gasteiger partial charge in [0.05, 0.1) is 12.5 Å². The molecule has 1 saturated heterocycles. The molecule has 4 nitrogen and oxygen atoms in total. The third kappa shape index (κ3) is 5.56. The summed E-state index contributed by atoms with van der Waals surface area (Å²) in [6.07, 6.45) is 6.70. The van der Waals surface area contributed by atoms with Crippen LogP contribution in [-0.4, -0.2) is 42.2 Å². The molecule has 4 heteroatoms. The molecule has 4 rings (SSSR count). The van der Waals surface area contributed by atoms with Gasteiger partial charge >= 0.3 is 5.97 Å². The average Bonchev–Trinajstić information content (AvgIpc) is 2.74. The molecule has 0 unspecified atom stereocenters. The van der Waals surface area contributed by atoms with Crippen molar-refractivity contribution in [3.63, 3.8) is 0 Å². The fourth-order valence-corrected chi connectivity index (χ4v) is 4.66. The summed E-state index contributed by atoms with van der Waals surface area (Å²) in [6, 6.07) is 17.2. The number of fused-ring (bicyclic) bond motifs is 1. The van der Waals surface area contributed by atoms with Crippen molar-refractivity contribution in [1.82, 2.24) is 4.90 Å². The Kier molecular flexibility index (Phi) is 7.08. The van der Waals surface area contributed by atoms with E-state index in [9.17, 15) is 4.79 Å². The van der Waals surface area contributed by atoms with E-state index in [0.717, 1.165) is 44.6 Å². The lowest BCUT2D eigenvalue weighted by Crippen LogP contribution is -2.50. The number of carboxylic acid groups (broad SMARTS) is 1. The molecule has 0 amide bonds. The van der Waals surface area contributed by atoms with E-state index in [4.69, 9.17) is 9.84 Å². The number of unbranched alkanes of at least 4 members (excludes halogenated alkanes) is 2. The van der Waals surface area contributed by atoms with Gasteiger partial charge in [0.2, 0.25) is 0 Å². The smallest absolute Gasteiger partial charge is 0.309 e. The first-order chi connectivity index (χ1) is 15.1. The van der Waals surface area contributed by atoms with Crippen molar-refractivity contribution < 1.29 is 14.6 Å². The number of hydrogen-bond acceptors (Lipinski definition) is 3. The van der Waals surface area contributed by atoms with Crippen LogP contribution in [0.2, 0.25) is 0 Å². The number of hydrogen-bond donors (Lipinski definition) is 1. The lowest BCUT2D eigenvalue weighted by molar-refractivity contribution is -0.147. The molecule has 164 valence electrons. The maximum absolute atomic E-state index is 11.0. The van der Waals surface area contributed by atoms with E-state index in [1.54, 1.807) is 0 Å². The van der Waals surface area contributed by atoms with Crippen molar-refractivity contribution in [2.24, 2.45) is 5.92 Å². The molecule has 2 aliphatic rings. The molecule has 2 aromatic rings. The van der Waals surface area contributed by atoms with E-state index in [1.807, 2.05) is 0 Å². The van der Waals surface area contributed by atoms with Gasteiger partial charge in [0.15, 0.2) is 0 Å². The minimum atomic E-state index is -0.667. The van der Waals surface area contributed by atoms with Gasteiger partial charge < -0.3 is 9.84 Å². The van der Waals surface area contributed by atoms with Crippen LogP contribution in [0.4, 0.5) is 0 Å². The molecule has 0 atom stereocenters. The Morgan fingerprint density at radius 1 is 1.06 bits per heavy atom. The molecule has 1 fully saturated rings.